The predicted octanol–water partition coefficient (Wildman–Crippen LogP) is 0.0164. The Hall–Kier alpha value is -0.620. The van der Waals surface area contributed by atoms with Gasteiger partial charge in [-0.2, -0.15) is 0 Å². The number of nitrogens with one attached hydrogen (secondary N) is 1. The number of hydrogen-bond donors (Lipinski definition) is 2. The highest BCUT2D eigenvalue weighted by Crippen LogP contribution is 2.24. The highest BCUT2D eigenvalue weighted by molar-refractivity contribution is 7.91. The second-order valence-corrected chi connectivity index (χ2v) is 6.37. The second kappa shape index (κ2) is 4.09. The molecule has 15 heavy (non-hydrogen) atoms. The number of hydrogen-bond acceptors (Lipinski definition) is 4. The molecule has 0 bridgehead atoms. The third kappa shape index (κ3) is 2.69. The standard InChI is InChI=1S/C9H17NO4S/c1-3-7(2)10-9(8(11)12)4-5-15(13,14)6-9/h7,10H,3-6H2,1-2H3,(H,11,12). The number of aliphatic carboxylic acids is 1. The molecule has 1 rings (SSSR count). The molecular weight excluding hydrogens is 218 g/mol. The highest BCUT2D eigenvalue weighted by atomic mass is 32.2. The van der Waals surface area contributed by atoms with E-state index in [0.717, 1.165) is 6.42 Å². The van der Waals surface area contributed by atoms with Crippen LogP contribution in [0.25, 0.3) is 0 Å². The van der Waals surface area contributed by atoms with E-state index in [2.05, 4.69) is 5.32 Å². The van der Waals surface area contributed by atoms with E-state index < -0.39 is 21.3 Å². The Bertz CT molecular complexity index is 351. The summed E-state index contributed by atoms with van der Waals surface area (Å²) in [6.07, 6.45) is 0.935. The molecule has 5 nitrogen and oxygen atoms in total. The number of carboxylic acid groups (broad SMARTS) is 1. The summed E-state index contributed by atoms with van der Waals surface area (Å²) in [5, 5.41) is 12.0. The van der Waals surface area contributed by atoms with Crippen LogP contribution in [0.5, 0.6) is 0 Å². The van der Waals surface area contributed by atoms with Crippen LogP contribution in [-0.2, 0) is 14.6 Å². The first kappa shape index (κ1) is 12.4. The van der Waals surface area contributed by atoms with Crippen molar-refractivity contribution >= 4 is 15.8 Å². The molecule has 1 fully saturated rings. The maximum absolute atomic E-state index is 11.3. The van der Waals surface area contributed by atoms with E-state index in [-0.39, 0.29) is 24.0 Å². The van der Waals surface area contributed by atoms with Crippen molar-refractivity contribution in [3.63, 3.8) is 0 Å². The smallest absolute Gasteiger partial charge is 0.325 e. The van der Waals surface area contributed by atoms with Crippen molar-refractivity contribution in [2.24, 2.45) is 0 Å². The van der Waals surface area contributed by atoms with Crippen LogP contribution in [0.4, 0.5) is 0 Å². The highest BCUT2D eigenvalue weighted by Gasteiger charge is 2.48. The molecule has 1 saturated heterocycles. The summed E-state index contributed by atoms with van der Waals surface area (Å²) < 4.78 is 22.6. The number of sulfone groups is 1. The maximum Gasteiger partial charge on any atom is 0.325 e. The van der Waals surface area contributed by atoms with Crippen molar-refractivity contribution in [1.82, 2.24) is 5.32 Å². The van der Waals surface area contributed by atoms with Gasteiger partial charge in [0.05, 0.1) is 11.5 Å². The monoisotopic (exact) mass is 235 g/mol. The fourth-order valence-corrected chi connectivity index (χ4v) is 3.67. The Kier molecular flexibility index (Phi) is 3.40. The zero-order valence-corrected chi connectivity index (χ0v) is 9.80. The molecule has 6 heteroatoms. The lowest BCUT2D eigenvalue weighted by atomic mass is 9.97. The largest absolute Gasteiger partial charge is 0.480 e. The Morgan fingerprint density at radius 3 is 2.53 bits per heavy atom. The molecule has 1 heterocycles. The van der Waals surface area contributed by atoms with E-state index >= 15 is 0 Å². The van der Waals surface area contributed by atoms with Gasteiger partial charge in [0.2, 0.25) is 0 Å². The van der Waals surface area contributed by atoms with Crippen molar-refractivity contribution in [3.05, 3.63) is 0 Å². The van der Waals surface area contributed by atoms with Crippen LogP contribution in [0.1, 0.15) is 26.7 Å². The maximum atomic E-state index is 11.3. The third-order valence-corrected chi connectivity index (χ3v) is 4.61. The van der Waals surface area contributed by atoms with E-state index in [1.807, 2.05) is 13.8 Å². The molecule has 0 amide bonds. The Balaban J connectivity index is 2.88. The van der Waals surface area contributed by atoms with Gasteiger partial charge in [-0.15, -0.1) is 0 Å². The van der Waals surface area contributed by atoms with Gasteiger partial charge in [-0.05, 0) is 19.8 Å². The van der Waals surface area contributed by atoms with E-state index in [1.165, 1.54) is 0 Å². The topological polar surface area (TPSA) is 83.5 Å². The zero-order chi connectivity index (χ0) is 11.7. The minimum Gasteiger partial charge on any atom is -0.480 e. The van der Waals surface area contributed by atoms with Gasteiger partial charge in [-0.1, -0.05) is 6.92 Å². The fraction of sp³-hybridized carbons (Fsp3) is 0.889. The molecule has 0 aromatic heterocycles. The van der Waals surface area contributed by atoms with Crippen LogP contribution < -0.4 is 5.32 Å². The van der Waals surface area contributed by atoms with E-state index in [1.54, 1.807) is 0 Å². The quantitative estimate of drug-likeness (QED) is 0.717. The molecule has 88 valence electrons. The average Bonchev–Trinajstić information content (AvgIpc) is 2.43. The summed E-state index contributed by atoms with van der Waals surface area (Å²) in [6.45, 7) is 3.78. The molecule has 0 spiro atoms. The number of rotatable bonds is 4. The van der Waals surface area contributed by atoms with Crippen molar-refractivity contribution in [3.8, 4) is 0 Å². The molecule has 2 unspecified atom stereocenters. The van der Waals surface area contributed by atoms with Crippen molar-refractivity contribution < 1.29 is 18.3 Å². The van der Waals surface area contributed by atoms with Crippen molar-refractivity contribution in [1.29, 1.82) is 0 Å². The van der Waals surface area contributed by atoms with Crippen LogP contribution >= 0.6 is 0 Å². The van der Waals surface area contributed by atoms with Gasteiger partial charge in [0.1, 0.15) is 5.54 Å². The molecule has 2 N–H and O–H groups in total. The summed E-state index contributed by atoms with van der Waals surface area (Å²) in [5.41, 5.74) is -1.27. The first-order valence-corrected chi connectivity index (χ1v) is 6.85. The Morgan fingerprint density at radius 2 is 2.20 bits per heavy atom. The molecule has 2 atom stereocenters. The van der Waals surface area contributed by atoms with Crippen LogP contribution in [0.15, 0.2) is 0 Å². The predicted molar refractivity (Wildman–Crippen MR) is 56.5 cm³/mol. The van der Waals surface area contributed by atoms with Crippen LogP contribution in [0, 0.1) is 0 Å². The Labute approximate surface area is 89.8 Å². The van der Waals surface area contributed by atoms with E-state index in [4.69, 9.17) is 5.11 Å². The van der Waals surface area contributed by atoms with E-state index in [9.17, 15) is 13.2 Å². The summed E-state index contributed by atoms with van der Waals surface area (Å²) in [4.78, 5) is 11.1. The minimum absolute atomic E-state index is 0.00870. The summed E-state index contributed by atoms with van der Waals surface area (Å²) in [6, 6.07) is 0.00870. The summed E-state index contributed by atoms with van der Waals surface area (Å²) in [5.74, 6) is -1.40. The van der Waals surface area contributed by atoms with Gasteiger partial charge in [-0.25, -0.2) is 8.42 Å². The van der Waals surface area contributed by atoms with Crippen molar-refractivity contribution in [2.75, 3.05) is 11.5 Å². The molecule has 1 aliphatic heterocycles. The van der Waals surface area contributed by atoms with Crippen LogP contribution in [0.2, 0.25) is 0 Å². The fourth-order valence-electron chi connectivity index (χ4n) is 1.77. The lowest BCUT2D eigenvalue weighted by Crippen LogP contribution is -2.56. The normalized spacial score (nSPS) is 31.3. The molecule has 0 aliphatic carbocycles. The number of carbonyl (C=O) groups is 1. The van der Waals surface area contributed by atoms with E-state index in [0.29, 0.717) is 0 Å². The first-order chi connectivity index (χ1) is 6.81. The van der Waals surface area contributed by atoms with Gasteiger partial charge in [0, 0.05) is 6.04 Å². The Morgan fingerprint density at radius 1 is 1.60 bits per heavy atom. The molecular formula is C9H17NO4S. The molecule has 1 aliphatic rings. The van der Waals surface area contributed by atoms with Crippen LogP contribution in [-0.4, -0.2) is 42.6 Å². The lowest BCUT2D eigenvalue weighted by Gasteiger charge is -2.27. The van der Waals surface area contributed by atoms with Gasteiger partial charge in [-0.3, -0.25) is 10.1 Å². The van der Waals surface area contributed by atoms with Gasteiger partial charge in [0.15, 0.2) is 9.84 Å². The SMILES string of the molecule is CCC(C)NC1(C(=O)O)CCS(=O)(=O)C1. The first-order valence-electron chi connectivity index (χ1n) is 5.03. The molecule has 0 aromatic carbocycles. The second-order valence-electron chi connectivity index (χ2n) is 4.18. The number of carboxylic acids is 1. The zero-order valence-electron chi connectivity index (χ0n) is 8.99. The lowest BCUT2D eigenvalue weighted by molar-refractivity contribution is -0.144. The molecule has 0 aromatic rings. The van der Waals surface area contributed by atoms with Crippen molar-refractivity contribution in [2.45, 2.75) is 38.3 Å². The van der Waals surface area contributed by atoms with Gasteiger partial charge >= 0.3 is 5.97 Å². The minimum atomic E-state index is -3.20. The van der Waals surface area contributed by atoms with Gasteiger partial charge < -0.3 is 5.11 Å². The van der Waals surface area contributed by atoms with Crippen LogP contribution in [0.3, 0.4) is 0 Å². The third-order valence-electron chi connectivity index (χ3n) is 2.85. The molecule has 0 radical (unpaired) electrons. The summed E-state index contributed by atoms with van der Waals surface area (Å²) >= 11 is 0. The average molecular weight is 235 g/mol. The van der Waals surface area contributed by atoms with Gasteiger partial charge in [0.25, 0.3) is 0 Å². The molecule has 0 saturated carbocycles. The summed E-state index contributed by atoms with van der Waals surface area (Å²) in [7, 11) is -3.20.